The second-order valence-corrected chi connectivity index (χ2v) is 3.24. The molecule has 0 spiro atoms. The third kappa shape index (κ3) is 9.60. The van der Waals surface area contributed by atoms with Crippen molar-refractivity contribution in [2.75, 3.05) is 20.6 Å². The Morgan fingerprint density at radius 2 is 2.00 bits per heavy atom. The van der Waals surface area contributed by atoms with Crippen molar-refractivity contribution in [2.45, 2.75) is 25.3 Å². The van der Waals surface area contributed by atoms with Gasteiger partial charge >= 0.3 is 5.97 Å². The fourth-order valence-electron chi connectivity index (χ4n) is 0.916. The van der Waals surface area contributed by atoms with Crippen LogP contribution in [-0.2, 0) is 4.79 Å². The summed E-state index contributed by atoms with van der Waals surface area (Å²) in [4.78, 5) is 12.4. The lowest BCUT2D eigenvalue weighted by Crippen LogP contribution is -2.30. The van der Waals surface area contributed by atoms with Gasteiger partial charge < -0.3 is 15.7 Å². The van der Waals surface area contributed by atoms with Crippen molar-refractivity contribution in [1.82, 2.24) is 4.90 Å². The fourth-order valence-corrected chi connectivity index (χ4v) is 0.916. The lowest BCUT2D eigenvalue weighted by Gasteiger charge is -2.09. The van der Waals surface area contributed by atoms with Gasteiger partial charge in [-0.3, -0.25) is 4.79 Å². The second-order valence-electron chi connectivity index (χ2n) is 3.24. The van der Waals surface area contributed by atoms with Crippen LogP contribution in [0.3, 0.4) is 0 Å². The van der Waals surface area contributed by atoms with Crippen molar-refractivity contribution in [2.24, 2.45) is 5.73 Å². The Labute approximate surface area is 85.5 Å². The molecule has 5 heteroatoms. The first kappa shape index (κ1) is 15.2. The largest absolute Gasteiger partial charge is 0.480 e. The van der Waals surface area contributed by atoms with Crippen molar-refractivity contribution in [3.63, 3.8) is 0 Å². The molecular weight excluding hydrogens is 192 g/mol. The second kappa shape index (κ2) is 8.29. The van der Waals surface area contributed by atoms with Crippen LogP contribution in [0.5, 0.6) is 0 Å². The molecule has 4 nitrogen and oxygen atoms in total. The maximum Gasteiger partial charge on any atom is 0.320 e. The molecule has 0 aromatic heterocycles. The normalized spacial score (nSPS) is 12.3. The Kier molecular flexibility index (Phi) is 9.67. The minimum absolute atomic E-state index is 0. The lowest BCUT2D eigenvalue weighted by atomic mass is 10.1. The molecule has 80 valence electrons. The van der Waals surface area contributed by atoms with Crippen LogP contribution in [0.1, 0.15) is 19.3 Å². The quantitative estimate of drug-likeness (QED) is 0.629. The molecule has 0 unspecified atom stereocenters. The summed E-state index contributed by atoms with van der Waals surface area (Å²) in [5, 5.41) is 8.46. The molecule has 0 aliphatic rings. The van der Waals surface area contributed by atoms with Gasteiger partial charge in [0, 0.05) is 0 Å². The third-order valence-electron chi connectivity index (χ3n) is 1.69. The summed E-state index contributed by atoms with van der Waals surface area (Å²) in [7, 11) is 3.99. The Hall–Kier alpha value is -0.320. The molecule has 0 aliphatic heterocycles. The Morgan fingerprint density at radius 1 is 1.46 bits per heavy atom. The van der Waals surface area contributed by atoms with Gasteiger partial charge in [-0.1, -0.05) is 6.42 Å². The molecule has 1 atom stereocenters. The summed E-state index contributed by atoms with van der Waals surface area (Å²) in [5.41, 5.74) is 5.32. The van der Waals surface area contributed by atoms with E-state index in [1.165, 1.54) is 0 Å². The number of unbranched alkanes of at least 4 members (excludes halogenated alkanes) is 1. The standard InChI is InChI=1S/C8H18N2O2.ClH/c1-10(2)6-4-3-5-7(9)8(11)12;/h7H,3-6,9H2,1-2H3,(H,11,12);1H/t7-;/m0./s1. The molecule has 0 saturated carbocycles. The zero-order chi connectivity index (χ0) is 9.56. The summed E-state index contributed by atoms with van der Waals surface area (Å²) in [6, 6.07) is -0.688. The van der Waals surface area contributed by atoms with E-state index in [0.717, 1.165) is 19.4 Å². The zero-order valence-corrected chi connectivity index (χ0v) is 9.01. The van der Waals surface area contributed by atoms with Crippen LogP contribution in [-0.4, -0.2) is 42.7 Å². The number of halogens is 1. The molecule has 3 N–H and O–H groups in total. The van der Waals surface area contributed by atoms with Crippen LogP contribution in [0.25, 0.3) is 0 Å². The maximum absolute atomic E-state index is 10.3. The Morgan fingerprint density at radius 3 is 2.38 bits per heavy atom. The number of nitrogens with two attached hydrogens (primary N) is 1. The number of rotatable bonds is 6. The molecule has 0 fully saturated rings. The number of carbonyl (C=O) groups is 1. The molecule has 0 saturated heterocycles. The Bertz CT molecular complexity index is 142. The summed E-state index contributed by atoms with van der Waals surface area (Å²) in [6.45, 7) is 0.992. The van der Waals surface area contributed by atoms with Crippen LogP contribution in [0.4, 0.5) is 0 Å². The first-order chi connectivity index (χ1) is 5.54. The van der Waals surface area contributed by atoms with Crippen molar-refractivity contribution in [1.29, 1.82) is 0 Å². The third-order valence-corrected chi connectivity index (χ3v) is 1.69. The van der Waals surface area contributed by atoms with Gasteiger partial charge in [0.1, 0.15) is 6.04 Å². The highest BCUT2D eigenvalue weighted by atomic mass is 35.5. The topological polar surface area (TPSA) is 66.6 Å². The minimum atomic E-state index is -0.903. The van der Waals surface area contributed by atoms with Crippen molar-refractivity contribution in [3.05, 3.63) is 0 Å². The molecule has 0 aromatic rings. The van der Waals surface area contributed by atoms with Crippen molar-refractivity contribution < 1.29 is 9.90 Å². The first-order valence-corrected chi connectivity index (χ1v) is 4.17. The maximum atomic E-state index is 10.3. The van der Waals surface area contributed by atoms with Gasteiger partial charge in [-0.15, -0.1) is 12.4 Å². The smallest absolute Gasteiger partial charge is 0.320 e. The van der Waals surface area contributed by atoms with Gasteiger partial charge in [-0.05, 0) is 33.5 Å². The van der Waals surface area contributed by atoms with Gasteiger partial charge in [0.25, 0.3) is 0 Å². The van der Waals surface area contributed by atoms with Crippen LogP contribution in [0, 0.1) is 0 Å². The molecule has 0 radical (unpaired) electrons. The van der Waals surface area contributed by atoms with Gasteiger partial charge in [0.05, 0.1) is 0 Å². The predicted octanol–water partition coefficient (Wildman–Crippen LogP) is 0.552. The van der Waals surface area contributed by atoms with Crippen LogP contribution in [0.15, 0.2) is 0 Å². The molecule has 13 heavy (non-hydrogen) atoms. The summed E-state index contributed by atoms with van der Waals surface area (Å²) < 4.78 is 0. The highest BCUT2D eigenvalue weighted by molar-refractivity contribution is 5.85. The van der Waals surface area contributed by atoms with E-state index >= 15 is 0 Å². The average molecular weight is 211 g/mol. The van der Waals surface area contributed by atoms with Gasteiger partial charge in [-0.2, -0.15) is 0 Å². The van der Waals surface area contributed by atoms with E-state index in [9.17, 15) is 4.79 Å². The minimum Gasteiger partial charge on any atom is -0.480 e. The molecule has 0 amide bonds. The fraction of sp³-hybridized carbons (Fsp3) is 0.875. The average Bonchev–Trinajstić information content (AvgIpc) is 1.97. The summed E-state index contributed by atoms with van der Waals surface area (Å²) in [6.07, 6.45) is 2.46. The van der Waals surface area contributed by atoms with E-state index < -0.39 is 12.0 Å². The lowest BCUT2D eigenvalue weighted by molar-refractivity contribution is -0.138. The molecule has 0 heterocycles. The monoisotopic (exact) mass is 210 g/mol. The summed E-state index contributed by atoms with van der Waals surface area (Å²) >= 11 is 0. The highest BCUT2D eigenvalue weighted by Gasteiger charge is 2.09. The van der Waals surface area contributed by atoms with Crippen LogP contribution >= 0.6 is 12.4 Å². The molecular formula is C8H19ClN2O2. The van der Waals surface area contributed by atoms with E-state index in [1.54, 1.807) is 0 Å². The number of hydrogen-bond donors (Lipinski definition) is 2. The molecule has 0 bridgehead atoms. The number of nitrogens with zero attached hydrogens (tertiary/aromatic N) is 1. The van der Waals surface area contributed by atoms with Gasteiger partial charge in [-0.25, -0.2) is 0 Å². The van der Waals surface area contributed by atoms with Crippen molar-refractivity contribution in [3.8, 4) is 0 Å². The first-order valence-electron chi connectivity index (χ1n) is 4.17. The highest BCUT2D eigenvalue weighted by Crippen LogP contribution is 1.99. The van der Waals surface area contributed by atoms with E-state index in [-0.39, 0.29) is 12.4 Å². The van der Waals surface area contributed by atoms with E-state index in [2.05, 4.69) is 4.90 Å². The van der Waals surface area contributed by atoms with E-state index in [1.807, 2.05) is 14.1 Å². The number of aliphatic carboxylic acids is 1. The van der Waals surface area contributed by atoms with Gasteiger partial charge in [0.15, 0.2) is 0 Å². The number of hydrogen-bond acceptors (Lipinski definition) is 3. The molecule has 0 aliphatic carbocycles. The van der Waals surface area contributed by atoms with Crippen molar-refractivity contribution >= 4 is 18.4 Å². The van der Waals surface area contributed by atoms with E-state index in [4.69, 9.17) is 10.8 Å². The number of carboxylic acids is 1. The molecule has 0 aromatic carbocycles. The zero-order valence-electron chi connectivity index (χ0n) is 8.19. The molecule has 0 rings (SSSR count). The number of carboxylic acid groups (broad SMARTS) is 1. The predicted molar refractivity (Wildman–Crippen MR) is 55.3 cm³/mol. The SMILES string of the molecule is CN(C)CCCC[C@H](N)C(=O)O.Cl. The Balaban J connectivity index is 0. The van der Waals surface area contributed by atoms with E-state index in [0.29, 0.717) is 6.42 Å². The summed E-state index contributed by atoms with van der Waals surface area (Å²) in [5.74, 6) is -0.903. The van der Waals surface area contributed by atoms with Gasteiger partial charge in [0.2, 0.25) is 0 Å². The van der Waals surface area contributed by atoms with Crippen LogP contribution in [0.2, 0.25) is 0 Å². The van der Waals surface area contributed by atoms with Crippen LogP contribution < -0.4 is 5.73 Å².